The summed E-state index contributed by atoms with van der Waals surface area (Å²) < 4.78 is 22.5. The zero-order chi connectivity index (χ0) is 22.6. The van der Waals surface area contributed by atoms with E-state index in [9.17, 15) is 0 Å². The van der Waals surface area contributed by atoms with Crippen LogP contribution in [0.3, 0.4) is 0 Å². The van der Waals surface area contributed by atoms with E-state index in [2.05, 4.69) is 26.5 Å². The molecule has 3 aromatic rings. The van der Waals surface area contributed by atoms with Crippen molar-refractivity contribution in [1.29, 1.82) is 0 Å². The van der Waals surface area contributed by atoms with Gasteiger partial charge >= 0.3 is 0 Å². The van der Waals surface area contributed by atoms with Gasteiger partial charge in [0.2, 0.25) is 0 Å². The maximum atomic E-state index is 6.13. The van der Waals surface area contributed by atoms with Crippen LogP contribution in [0.5, 0.6) is 17.2 Å². The molecular weight excluding hydrogens is 420 g/mol. The van der Waals surface area contributed by atoms with Crippen molar-refractivity contribution in [2.24, 2.45) is 0 Å². The second-order valence-electron chi connectivity index (χ2n) is 8.28. The number of anilines is 2. The average Bonchev–Trinajstić information content (AvgIpc) is 3.41. The van der Waals surface area contributed by atoms with Gasteiger partial charge in [0.1, 0.15) is 11.6 Å². The quantitative estimate of drug-likeness (QED) is 0.375. The lowest BCUT2D eigenvalue weighted by Gasteiger charge is -2.26. The van der Waals surface area contributed by atoms with Crippen LogP contribution in [0.1, 0.15) is 17.5 Å². The van der Waals surface area contributed by atoms with Crippen LogP contribution < -0.4 is 19.5 Å². The zero-order valence-electron chi connectivity index (χ0n) is 19.1. The second-order valence-corrected chi connectivity index (χ2v) is 8.28. The van der Waals surface area contributed by atoms with Crippen LogP contribution in [-0.2, 0) is 11.2 Å². The number of nitrogens with one attached hydrogen (secondary N) is 2. The number of aromatic nitrogens is 2. The summed E-state index contributed by atoms with van der Waals surface area (Å²) in [5.74, 6) is 3.22. The summed E-state index contributed by atoms with van der Waals surface area (Å²) in [6, 6.07) is 12.0. The van der Waals surface area contributed by atoms with Crippen molar-refractivity contribution in [3.63, 3.8) is 0 Å². The van der Waals surface area contributed by atoms with E-state index in [-0.39, 0.29) is 0 Å². The van der Waals surface area contributed by atoms with E-state index in [1.54, 1.807) is 14.2 Å². The Balaban J connectivity index is 1.27. The van der Waals surface area contributed by atoms with Crippen molar-refractivity contribution in [1.82, 2.24) is 15.1 Å². The summed E-state index contributed by atoms with van der Waals surface area (Å²) in [5, 5.41) is 11.2. The topological polar surface area (TPSA) is 80.9 Å². The molecule has 174 valence electrons. The minimum Gasteiger partial charge on any atom is -0.497 e. The predicted molar refractivity (Wildman–Crippen MR) is 127 cm³/mol. The lowest BCUT2D eigenvalue weighted by molar-refractivity contribution is 0.0357. The molecule has 2 aliphatic rings. The van der Waals surface area contributed by atoms with E-state index in [0.29, 0.717) is 6.61 Å². The maximum absolute atomic E-state index is 6.13. The van der Waals surface area contributed by atoms with E-state index < -0.39 is 0 Å². The first-order valence-corrected chi connectivity index (χ1v) is 11.4. The molecule has 0 saturated carbocycles. The third-order valence-corrected chi connectivity index (χ3v) is 6.20. The Morgan fingerprint density at radius 3 is 2.79 bits per heavy atom. The monoisotopic (exact) mass is 450 g/mol. The predicted octanol–water partition coefficient (Wildman–Crippen LogP) is 3.84. The van der Waals surface area contributed by atoms with Crippen LogP contribution in [0.4, 0.5) is 11.5 Å². The number of ether oxygens (including phenoxy) is 4. The van der Waals surface area contributed by atoms with E-state index in [1.165, 1.54) is 5.56 Å². The number of hydrogen-bond acceptors (Lipinski definition) is 7. The molecule has 1 saturated heterocycles. The van der Waals surface area contributed by atoms with E-state index >= 15 is 0 Å². The van der Waals surface area contributed by atoms with Crippen LogP contribution in [0.15, 0.2) is 36.4 Å². The summed E-state index contributed by atoms with van der Waals surface area (Å²) >= 11 is 0. The summed E-state index contributed by atoms with van der Waals surface area (Å²) in [6.45, 7) is 5.32. The Morgan fingerprint density at radius 2 is 1.97 bits per heavy atom. The number of benzene rings is 2. The number of aromatic amines is 1. The second kappa shape index (κ2) is 9.72. The highest BCUT2D eigenvalue weighted by Crippen LogP contribution is 2.44. The number of fused-ring (bicyclic) bond motifs is 3. The standard InChI is InChI=1S/C25H30N4O4/c1-30-19-6-3-5-18(15-19)26-25-21-13-17-14-23(22(31-2)16-20(17)24(21)27-28-25)33-10-4-7-29-8-11-32-12-9-29/h3,5-6,14-16H,4,7-13H2,1-2H3,(H2,26,27,28). The number of rotatable bonds is 9. The highest BCUT2D eigenvalue weighted by molar-refractivity contribution is 5.81. The first-order valence-electron chi connectivity index (χ1n) is 11.4. The third-order valence-electron chi connectivity index (χ3n) is 6.20. The van der Waals surface area contributed by atoms with Crippen molar-refractivity contribution in [3.8, 4) is 28.5 Å². The molecule has 0 atom stereocenters. The lowest BCUT2D eigenvalue weighted by Crippen LogP contribution is -2.37. The van der Waals surface area contributed by atoms with Gasteiger partial charge in [-0.15, -0.1) is 0 Å². The fourth-order valence-electron chi connectivity index (χ4n) is 4.44. The Bertz CT molecular complexity index is 1110. The van der Waals surface area contributed by atoms with Gasteiger partial charge in [-0.25, -0.2) is 0 Å². The van der Waals surface area contributed by atoms with Gasteiger partial charge in [0.15, 0.2) is 11.5 Å². The van der Waals surface area contributed by atoms with Gasteiger partial charge in [0, 0.05) is 48.9 Å². The Hall–Kier alpha value is -3.23. The minimum absolute atomic E-state index is 0.653. The molecule has 0 bridgehead atoms. The summed E-state index contributed by atoms with van der Waals surface area (Å²) in [5.41, 5.74) is 5.31. The van der Waals surface area contributed by atoms with E-state index in [0.717, 1.165) is 91.3 Å². The largest absolute Gasteiger partial charge is 0.497 e. The van der Waals surface area contributed by atoms with Crippen molar-refractivity contribution >= 4 is 11.5 Å². The van der Waals surface area contributed by atoms with Crippen LogP contribution in [0.2, 0.25) is 0 Å². The first kappa shape index (κ1) is 21.6. The van der Waals surface area contributed by atoms with Gasteiger partial charge < -0.3 is 24.3 Å². The molecule has 0 unspecified atom stereocenters. The van der Waals surface area contributed by atoms with Gasteiger partial charge in [-0.05, 0) is 36.2 Å². The Labute approximate surface area is 193 Å². The molecule has 33 heavy (non-hydrogen) atoms. The molecule has 8 nitrogen and oxygen atoms in total. The maximum Gasteiger partial charge on any atom is 0.161 e. The minimum atomic E-state index is 0.653. The molecule has 0 amide bonds. The number of hydrogen-bond donors (Lipinski definition) is 2. The molecule has 5 rings (SSSR count). The molecule has 8 heteroatoms. The highest BCUT2D eigenvalue weighted by Gasteiger charge is 2.27. The molecule has 2 heterocycles. The van der Waals surface area contributed by atoms with Gasteiger partial charge in [-0.3, -0.25) is 10.00 Å². The fourth-order valence-corrected chi connectivity index (χ4v) is 4.44. The molecule has 0 radical (unpaired) electrons. The van der Waals surface area contributed by atoms with E-state index in [4.69, 9.17) is 18.9 Å². The summed E-state index contributed by atoms with van der Waals surface area (Å²) in [6.07, 6.45) is 1.75. The average molecular weight is 451 g/mol. The first-order chi connectivity index (χ1) is 16.2. The molecule has 2 N–H and O–H groups in total. The number of morpholine rings is 1. The number of methoxy groups -OCH3 is 2. The lowest BCUT2D eigenvalue weighted by atomic mass is 10.1. The van der Waals surface area contributed by atoms with Gasteiger partial charge in [0.05, 0.1) is 39.7 Å². The van der Waals surface area contributed by atoms with Gasteiger partial charge in [-0.2, -0.15) is 5.10 Å². The fraction of sp³-hybridized carbons (Fsp3) is 0.400. The highest BCUT2D eigenvalue weighted by atomic mass is 16.5. The zero-order valence-corrected chi connectivity index (χ0v) is 19.1. The Morgan fingerprint density at radius 1 is 1.09 bits per heavy atom. The molecule has 1 aromatic heterocycles. The molecular formula is C25H30N4O4. The summed E-state index contributed by atoms with van der Waals surface area (Å²) in [4.78, 5) is 2.42. The SMILES string of the molecule is COc1cccc(Nc2[nH]nc3c2Cc2cc(OCCCN4CCOCC4)c(OC)cc2-3)c1. The normalized spacial score (nSPS) is 15.1. The smallest absolute Gasteiger partial charge is 0.161 e. The van der Waals surface area contributed by atoms with Crippen LogP contribution >= 0.6 is 0 Å². The van der Waals surface area contributed by atoms with E-state index in [1.807, 2.05) is 30.3 Å². The summed E-state index contributed by atoms with van der Waals surface area (Å²) in [7, 11) is 3.35. The van der Waals surface area contributed by atoms with Crippen molar-refractivity contribution in [2.75, 3.05) is 59.0 Å². The molecule has 1 fully saturated rings. The van der Waals surface area contributed by atoms with Crippen molar-refractivity contribution in [3.05, 3.63) is 47.5 Å². The number of H-pyrrole nitrogens is 1. The third kappa shape index (κ3) is 4.62. The molecule has 1 aliphatic heterocycles. The van der Waals surface area contributed by atoms with Gasteiger partial charge in [0.25, 0.3) is 0 Å². The van der Waals surface area contributed by atoms with Crippen molar-refractivity contribution < 1.29 is 18.9 Å². The van der Waals surface area contributed by atoms with Crippen molar-refractivity contribution in [2.45, 2.75) is 12.8 Å². The molecule has 0 spiro atoms. The Kier molecular flexibility index (Phi) is 6.37. The van der Waals surface area contributed by atoms with Crippen LogP contribution in [0.25, 0.3) is 11.3 Å². The van der Waals surface area contributed by atoms with Crippen LogP contribution in [0, 0.1) is 0 Å². The molecule has 2 aromatic carbocycles. The molecule has 1 aliphatic carbocycles. The van der Waals surface area contributed by atoms with Gasteiger partial charge in [-0.1, -0.05) is 6.07 Å². The number of nitrogens with zero attached hydrogens (tertiary/aromatic N) is 2. The van der Waals surface area contributed by atoms with Crippen LogP contribution in [-0.4, -0.2) is 68.8 Å².